The summed E-state index contributed by atoms with van der Waals surface area (Å²) in [5, 5.41) is 0. The number of hydrogen-bond donors (Lipinski definition) is 0. The van der Waals surface area contributed by atoms with Gasteiger partial charge in [0.05, 0.1) is 17.7 Å². The molecule has 20 heavy (non-hydrogen) atoms. The van der Waals surface area contributed by atoms with E-state index in [1.807, 2.05) is 42.1 Å². The summed E-state index contributed by atoms with van der Waals surface area (Å²) in [5.41, 5.74) is 0.975. The van der Waals surface area contributed by atoms with Gasteiger partial charge in [-0.25, -0.2) is 0 Å². The molecule has 0 spiro atoms. The Balaban J connectivity index is 1.83. The van der Waals surface area contributed by atoms with Gasteiger partial charge in [0, 0.05) is 18.9 Å². The Bertz CT molecular complexity index is 686. The first-order valence-corrected chi connectivity index (χ1v) is 7.27. The van der Waals surface area contributed by atoms with E-state index in [1.54, 1.807) is 17.2 Å². The molecule has 3 heterocycles. The molecule has 3 rings (SSSR count). The second-order valence-electron chi connectivity index (χ2n) is 4.39. The number of furan rings is 1. The highest BCUT2D eigenvalue weighted by Gasteiger charge is 2.32. The van der Waals surface area contributed by atoms with Gasteiger partial charge < -0.3 is 8.98 Å². The zero-order chi connectivity index (χ0) is 14.1. The van der Waals surface area contributed by atoms with Crippen LogP contribution in [-0.2, 0) is 18.4 Å². The van der Waals surface area contributed by atoms with Gasteiger partial charge in [0.1, 0.15) is 10.1 Å². The minimum atomic E-state index is -0.0717. The molecule has 4 nitrogen and oxygen atoms in total. The third kappa shape index (κ3) is 2.44. The van der Waals surface area contributed by atoms with Gasteiger partial charge in [-0.15, -0.1) is 0 Å². The van der Waals surface area contributed by atoms with E-state index in [2.05, 4.69) is 0 Å². The fourth-order valence-corrected chi connectivity index (χ4v) is 3.19. The number of nitrogens with zero attached hydrogens (tertiary/aromatic N) is 2. The van der Waals surface area contributed by atoms with E-state index in [0.29, 0.717) is 15.8 Å². The maximum absolute atomic E-state index is 12.4. The van der Waals surface area contributed by atoms with Gasteiger partial charge in [0.15, 0.2) is 0 Å². The minimum Gasteiger partial charge on any atom is -0.467 e. The third-order valence-electron chi connectivity index (χ3n) is 3.03. The van der Waals surface area contributed by atoms with Gasteiger partial charge in [-0.2, -0.15) is 0 Å². The molecule has 1 saturated heterocycles. The fraction of sp³-hybridized carbons (Fsp3) is 0.143. The van der Waals surface area contributed by atoms with Crippen molar-refractivity contribution >= 4 is 40.3 Å². The van der Waals surface area contributed by atoms with Crippen LogP contribution < -0.4 is 0 Å². The van der Waals surface area contributed by atoms with Gasteiger partial charge >= 0.3 is 0 Å². The van der Waals surface area contributed by atoms with Crippen molar-refractivity contribution in [2.24, 2.45) is 7.05 Å². The fourth-order valence-electron chi connectivity index (χ4n) is 1.95. The molecule has 0 aromatic carbocycles. The molecular weight excluding hydrogens is 292 g/mol. The van der Waals surface area contributed by atoms with Crippen LogP contribution in [0.5, 0.6) is 0 Å². The van der Waals surface area contributed by atoms with Crippen LogP contribution in [0.25, 0.3) is 6.08 Å². The van der Waals surface area contributed by atoms with Gasteiger partial charge in [-0.05, 0) is 30.3 Å². The van der Waals surface area contributed by atoms with Crippen LogP contribution in [0.3, 0.4) is 0 Å². The van der Waals surface area contributed by atoms with Gasteiger partial charge in [-0.3, -0.25) is 9.69 Å². The molecule has 0 aliphatic carbocycles. The maximum atomic E-state index is 12.4. The minimum absolute atomic E-state index is 0.0717. The predicted octanol–water partition coefficient (Wildman–Crippen LogP) is 3.02. The van der Waals surface area contributed by atoms with E-state index >= 15 is 0 Å². The van der Waals surface area contributed by atoms with Crippen LogP contribution >= 0.6 is 24.0 Å². The lowest BCUT2D eigenvalue weighted by Crippen LogP contribution is -2.27. The Morgan fingerprint density at radius 1 is 1.40 bits per heavy atom. The lowest BCUT2D eigenvalue weighted by atomic mass is 10.3. The van der Waals surface area contributed by atoms with Crippen LogP contribution in [0.15, 0.2) is 46.0 Å². The maximum Gasteiger partial charge on any atom is 0.266 e. The number of hydrogen-bond acceptors (Lipinski definition) is 4. The molecule has 1 aliphatic rings. The molecule has 102 valence electrons. The number of thiocarbonyl (C=S) groups is 1. The number of thioether (sulfide) groups is 1. The smallest absolute Gasteiger partial charge is 0.266 e. The highest BCUT2D eigenvalue weighted by Crippen LogP contribution is 2.33. The summed E-state index contributed by atoms with van der Waals surface area (Å²) in [7, 11) is 1.94. The summed E-state index contributed by atoms with van der Waals surface area (Å²) in [6, 6.07) is 7.53. The van der Waals surface area contributed by atoms with Crippen molar-refractivity contribution in [3.8, 4) is 0 Å². The van der Waals surface area contributed by atoms with Crippen molar-refractivity contribution in [3.05, 3.63) is 53.1 Å². The molecule has 0 unspecified atom stereocenters. The summed E-state index contributed by atoms with van der Waals surface area (Å²) in [5.74, 6) is 0.652. The van der Waals surface area contributed by atoms with E-state index < -0.39 is 0 Å². The Kier molecular flexibility index (Phi) is 3.50. The van der Waals surface area contributed by atoms with Crippen molar-refractivity contribution in [1.29, 1.82) is 0 Å². The van der Waals surface area contributed by atoms with E-state index in [4.69, 9.17) is 16.6 Å². The molecule has 0 bridgehead atoms. The molecule has 0 atom stereocenters. The first-order valence-electron chi connectivity index (χ1n) is 6.04. The quantitative estimate of drug-likeness (QED) is 0.645. The van der Waals surface area contributed by atoms with Crippen molar-refractivity contribution in [3.63, 3.8) is 0 Å². The summed E-state index contributed by atoms with van der Waals surface area (Å²) >= 11 is 6.60. The molecule has 0 saturated carbocycles. The van der Waals surface area contributed by atoms with E-state index in [-0.39, 0.29) is 5.91 Å². The Hall–Kier alpha value is -1.79. The summed E-state index contributed by atoms with van der Waals surface area (Å²) in [6.45, 7) is 0.377. The van der Waals surface area contributed by atoms with Crippen molar-refractivity contribution < 1.29 is 9.21 Å². The molecular formula is C14H12N2O2S2. The first kappa shape index (κ1) is 13.2. The topological polar surface area (TPSA) is 38.4 Å². The van der Waals surface area contributed by atoms with Gasteiger partial charge in [0.2, 0.25) is 0 Å². The van der Waals surface area contributed by atoms with Crippen LogP contribution in [0, 0.1) is 0 Å². The summed E-state index contributed by atoms with van der Waals surface area (Å²) in [6.07, 6.45) is 5.39. The molecule has 0 N–H and O–H groups in total. The molecule has 0 radical (unpaired) electrons. The molecule has 2 aromatic rings. The third-order valence-corrected chi connectivity index (χ3v) is 4.41. The normalized spacial score (nSPS) is 17.4. The lowest BCUT2D eigenvalue weighted by molar-refractivity contribution is -0.122. The van der Waals surface area contributed by atoms with Crippen molar-refractivity contribution in [2.45, 2.75) is 6.54 Å². The van der Waals surface area contributed by atoms with Crippen LogP contribution in [0.2, 0.25) is 0 Å². The lowest BCUT2D eigenvalue weighted by Gasteiger charge is -2.11. The number of carbonyl (C=O) groups excluding carboxylic acids is 1. The monoisotopic (exact) mass is 304 g/mol. The van der Waals surface area contributed by atoms with Gasteiger partial charge in [0.25, 0.3) is 5.91 Å². The first-order chi connectivity index (χ1) is 9.65. The second kappa shape index (κ2) is 5.30. The summed E-state index contributed by atoms with van der Waals surface area (Å²) < 4.78 is 7.79. The van der Waals surface area contributed by atoms with Crippen LogP contribution in [0.4, 0.5) is 0 Å². The zero-order valence-corrected chi connectivity index (χ0v) is 12.4. The molecule has 1 amide bonds. The standard InChI is InChI=1S/C14H12N2O2S2/c1-15-6-2-4-10(15)8-12-13(17)16(14(19)20-12)9-11-5-3-7-18-11/h2-8H,9H2,1H3/b12-8+. The predicted molar refractivity (Wildman–Crippen MR) is 82.8 cm³/mol. The largest absolute Gasteiger partial charge is 0.467 e. The van der Waals surface area contributed by atoms with E-state index in [1.165, 1.54) is 11.8 Å². The average Bonchev–Trinajstić information content (AvgIpc) is 3.11. The molecule has 2 aromatic heterocycles. The van der Waals surface area contributed by atoms with Gasteiger partial charge in [-0.1, -0.05) is 24.0 Å². The molecule has 1 fully saturated rings. The SMILES string of the molecule is Cn1cccc1/C=C1/SC(=S)N(Cc2ccco2)C1=O. The number of aryl methyl sites for hydroxylation is 1. The van der Waals surface area contributed by atoms with Crippen LogP contribution in [-0.4, -0.2) is 19.7 Å². The van der Waals surface area contributed by atoms with Crippen molar-refractivity contribution in [2.75, 3.05) is 0 Å². The highest BCUT2D eigenvalue weighted by atomic mass is 32.2. The van der Waals surface area contributed by atoms with E-state index in [9.17, 15) is 4.79 Å². The molecule has 6 heteroatoms. The highest BCUT2D eigenvalue weighted by molar-refractivity contribution is 8.26. The Morgan fingerprint density at radius 3 is 2.90 bits per heavy atom. The second-order valence-corrected chi connectivity index (χ2v) is 6.07. The number of aromatic nitrogens is 1. The number of carbonyl (C=O) groups is 1. The Morgan fingerprint density at radius 2 is 2.25 bits per heavy atom. The number of amides is 1. The zero-order valence-electron chi connectivity index (χ0n) is 10.8. The average molecular weight is 304 g/mol. The van der Waals surface area contributed by atoms with Crippen LogP contribution in [0.1, 0.15) is 11.5 Å². The summed E-state index contributed by atoms with van der Waals surface area (Å²) in [4.78, 5) is 14.6. The van der Waals surface area contributed by atoms with E-state index in [0.717, 1.165) is 11.5 Å². The molecule has 1 aliphatic heterocycles. The number of rotatable bonds is 3. The van der Waals surface area contributed by atoms with Crippen molar-refractivity contribution in [1.82, 2.24) is 9.47 Å². The Labute approximate surface area is 126 Å².